The highest BCUT2D eigenvalue weighted by Gasteiger charge is 2.41. The molecule has 2 aromatic rings. The summed E-state index contributed by atoms with van der Waals surface area (Å²) < 4.78 is 51.1. The summed E-state index contributed by atoms with van der Waals surface area (Å²) in [4.78, 5) is 28.8. The molecule has 2 atom stereocenters. The van der Waals surface area contributed by atoms with Crippen molar-refractivity contribution in [2.75, 3.05) is 39.2 Å². The Labute approximate surface area is 203 Å². The molecule has 6 nitrogen and oxygen atoms in total. The Kier molecular flexibility index (Phi) is 8.96. The summed E-state index contributed by atoms with van der Waals surface area (Å²) >= 11 is 0. The molecule has 0 aromatic heterocycles. The van der Waals surface area contributed by atoms with Crippen LogP contribution in [0.2, 0.25) is 0 Å². The first kappa shape index (κ1) is 27.5. The fourth-order valence-electron chi connectivity index (χ4n) is 3.96. The second-order valence-electron chi connectivity index (χ2n) is 8.25. The van der Waals surface area contributed by atoms with Crippen LogP contribution in [0.3, 0.4) is 0 Å². The Balaban J connectivity index is 0.00000408. The molecule has 0 bridgehead atoms. The lowest BCUT2D eigenvalue weighted by molar-refractivity contribution is -0.154. The van der Waals surface area contributed by atoms with E-state index in [9.17, 15) is 22.8 Å². The molecule has 1 aliphatic heterocycles. The average Bonchev–Trinajstić information content (AvgIpc) is 2.86. The number of hydrogen-bond donors (Lipinski definition) is 0. The van der Waals surface area contributed by atoms with Gasteiger partial charge < -0.3 is 19.3 Å². The second-order valence-corrected chi connectivity index (χ2v) is 8.25. The van der Waals surface area contributed by atoms with E-state index in [2.05, 4.69) is 0 Å². The van der Waals surface area contributed by atoms with E-state index < -0.39 is 35.6 Å². The lowest BCUT2D eigenvalue weighted by Gasteiger charge is -2.29. The molecule has 0 spiro atoms. The van der Waals surface area contributed by atoms with Crippen molar-refractivity contribution in [3.05, 3.63) is 59.2 Å². The highest BCUT2D eigenvalue weighted by atomic mass is 35.5. The smallest absolute Gasteiger partial charge is 0.416 e. The lowest BCUT2D eigenvalue weighted by Crippen LogP contribution is -2.45. The fraction of sp³-hybridized carbons (Fsp3) is 0.417. The molecule has 0 aliphatic carbocycles. The molecule has 34 heavy (non-hydrogen) atoms. The fourth-order valence-corrected chi connectivity index (χ4v) is 3.96. The zero-order valence-corrected chi connectivity index (χ0v) is 20.2. The van der Waals surface area contributed by atoms with Gasteiger partial charge in [0.25, 0.3) is 5.91 Å². The predicted molar refractivity (Wildman–Crippen MR) is 125 cm³/mol. The topological polar surface area (TPSA) is 59.1 Å². The third-order valence-electron chi connectivity index (χ3n) is 5.62. The molecule has 1 heterocycles. The van der Waals surface area contributed by atoms with E-state index in [-0.39, 0.29) is 25.4 Å². The minimum atomic E-state index is -4.52. The van der Waals surface area contributed by atoms with Crippen LogP contribution in [0.1, 0.15) is 29.5 Å². The Bertz CT molecular complexity index is 1010. The van der Waals surface area contributed by atoms with Crippen LogP contribution in [-0.2, 0) is 26.9 Å². The van der Waals surface area contributed by atoms with Crippen LogP contribution in [0, 0.1) is 0 Å². The van der Waals surface area contributed by atoms with Crippen LogP contribution in [-0.4, -0.2) is 57.2 Å². The first-order chi connectivity index (χ1) is 15.5. The number of amides is 1. The van der Waals surface area contributed by atoms with Crippen molar-refractivity contribution in [2.45, 2.75) is 31.5 Å². The van der Waals surface area contributed by atoms with Crippen LogP contribution < -0.4 is 9.64 Å². The molecule has 3 rings (SSSR count). The number of hydrogen-bond acceptors (Lipinski definition) is 5. The van der Waals surface area contributed by atoms with E-state index in [0.717, 1.165) is 12.1 Å². The molecule has 1 aliphatic rings. The zero-order valence-electron chi connectivity index (χ0n) is 19.4. The summed E-state index contributed by atoms with van der Waals surface area (Å²) in [5, 5.41) is 0. The van der Waals surface area contributed by atoms with Crippen molar-refractivity contribution < 1.29 is 32.2 Å². The zero-order chi connectivity index (χ0) is 24.3. The maximum atomic E-state index is 13.6. The van der Waals surface area contributed by atoms with E-state index in [1.165, 1.54) is 25.0 Å². The summed E-state index contributed by atoms with van der Waals surface area (Å²) in [7, 11) is 5.18. The molecule has 186 valence electrons. The van der Waals surface area contributed by atoms with E-state index in [0.29, 0.717) is 29.1 Å². The van der Waals surface area contributed by atoms with E-state index in [1.54, 1.807) is 24.3 Å². The highest BCUT2D eigenvalue weighted by Crippen LogP contribution is 2.40. The van der Waals surface area contributed by atoms with Crippen molar-refractivity contribution in [1.29, 1.82) is 0 Å². The Morgan fingerprint density at radius 3 is 2.32 bits per heavy atom. The number of likely N-dealkylation sites (N-methyl/N-ethyl adjacent to an activating group) is 1. The molecule has 0 N–H and O–H groups in total. The minimum absolute atomic E-state index is 0. The number of carbonyl (C=O) groups excluding carboxylic acids is 2. The lowest BCUT2D eigenvalue weighted by atomic mass is 9.87. The van der Waals surface area contributed by atoms with Crippen LogP contribution in [0.25, 0.3) is 0 Å². The quantitative estimate of drug-likeness (QED) is 0.553. The summed E-state index contributed by atoms with van der Waals surface area (Å²) in [6.07, 6.45) is -5.61. The van der Waals surface area contributed by atoms with Crippen molar-refractivity contribution >= 4 is 30.0 Å². The Morgan fingerprint density at radius 2 is 1.79 bits per heavy atom. The second kappa shape index (κ2) is 11.1. The van der Waals surface area contributed by atoms with E-state index >= 15 is 0 Å². The number of ether oxygens (including phenoxy) is 2. The maximum Gasteiger partial charge on any atom is 0.416 e. The molecule has 0 saturated heterocycles. The summed E-state index contributed by atoms with van der Waals surface area (Å²) in [6, 6.07) is 10.2. The third-order valence-corrected chi connectivity index (χ3v) is 5.62. The first-order valence-corrected chi connectivity index (χ1v) is 10.5. The van der Waals surface area contributed by atoms with Gasteiger partial charge in [0.05, 0.1) is 12.7 Å². The Hall–Kier alpha value is -2.78. The molecule has 1 amide bonds. The van der Waals surface area contributed by atoms with Crippen molar-refractivity contribution in [1.82, 2.24) is 4.90 Å². The van der Waals surface area contributed by atoms with Gasteiger partial charge in [0, 0.05) is 31.6 Å². The molecule has 10 heteroatoms. The summed E-state index contributed by atoms with van der Waals surface area (Å²) in [5.41, 5.74) is 0.629. The summed E-state index contributed by atoms with van der Waals surface area (Å²) in [5.74, 6) is -1.18. The number of benzene rings is 2. The number of nitrogens with zero attached hydrogens (tertiary/aromatic N) is 2. The Morgan fingerprint density at radius 1 is 1.15 bits per heavy atom. The SMILES string of the molecule is COc1ccc([C@H]2Cc3cc(C(F)(F)F)ccc3N(CCN(C)C)C(=O)[C@H]2OC(C)=O)cc1.Cl. The number of fused-ring (bicyclic) bond motifs is 1. The minimum Gasteiger partial charge on any atom is -0.497 e. The number of alkyl halides is 3. The van der Waals surface area contributed by atoms with Crippen LogP contribution in [0.4, 0.5) is 18.9 Å². The molecule has 0 saturated carbocycles. The molecule has 0 unspecified atom stereocenters. The number of methoxy groups -OCH3 is 1. The van der Waals surface area contributed by atoms with Gasteiger partial charge >= 0.3 is 12.1 Å². The number of halogens is 4. The van der Waals surface area contributed by atoms with Crippen molar-refractivity contribution in [3.63, 3.8) is 0 Å². The van der Waals surface area contributed by atoms with Gasteiger partial charge in [0.15, 0.2) is 6.10 Å². The van der Waals surface area contributed by atoms with Gasteiger partial charge in [-0.1, -0.05) is 12.1 Å². The number of carbonyl (C=O) groups is 2. The van der Waals surface area contributed by atoms with E-state index in [4.69, 9.17) is 9.47 Å². The van der Waals surface area contributed by atoms with E-state index in [1.807, 2.05) is 19.0 Å². The number of anilines is 1. The van der Waals surface area contributed by atoms with Crippen LogP contribution >= 0.6 is 12.4 Å². The summed E-state index contributed by atoms with van der Waals surface area (Å²) in [6.45, 7) is 1.92. The molecular formula is C24H28ClF3N2O4. The average molecular weight is 501 g/mol. The van der Waals surface area contributed by atoms with Gasteiger partial charge in [-0.3, -0.25) is 9.59 Å². The van der Waals surface area contributed by atoms with Gasteiger partial charge in [-0.05, 0) is 62.0 Å². The highest BCUT2D eigenvalue weighted by molar-refractivity contribution is 5.99. The largest absolute Gasteiger partial charge is 0.497 e. The third kappa shape index (κ3) is 6.21. The number of rotatable bonds is 6. The normalized spacial score (nSPS) is 18.1. The van der Waals surface area contributed by atoms with Gasteiger partial charge in [-0.15, -0.1) is 12.4 Å². The van der Waals surface area contributed by atoms with Crippen LogP contribution in [0.15, 0.2) is 42.5 Å². The molecule has 2 aromatic carbocycles. The molecular weight excluding hydrogens is 473 g/mol. The van der Waals surface area contributed by atoms with Crippen LogP contribution in [0.5, 0.6) is 5.75 Å². The standard InChI is InChI=1S/C24H27F3N2O4.ClH/c1-15(30)33-22-20(16-5-8-19(32-4)9-6-16)14-17-13-18(24(25,26)27)7-10-21(17)29(23(22)31)12-11-28(2)3;/h5-10,13,20,22H,11-12,14H2,1-4H3;1H/t20-,22+;/m1./s1. The van der Waals surface area contributed by atoms with Crippen molar-refractivity contribution in [3.8, 4) is 5.75 Å². The number of esters is 1. The van der Waals surface area contributed by atoms with Gasteiger partial charge in [-0.25, -0.2) is 0 Å². The van der Waals surface area contributed by atoms with Gasteiger partial charge in [-0.2, -0.15) is 13.2 Å². The predicted octanol–water partition coefficient (Wildman–Crippen LogP) is 4.30. The maximum absolute atomic E-state index is 13.6. The first-order valence-electron chi connectivity index (χ1n) is 10.5. The van der Waals surface area contributed by atoms with Gasteiger partial charge in [0.1, 0.15) is 5.75 Å². The molecule has 0 radical (unpaired) electrons. The molecule has 0 fully saturated rings. The van der Waals surface area contributed by atoms with Gasteiger partial charge in [0.2, 0.25) is 0 Å². The monoisotopic (exact) mass is 500 g/mol. The van der Waals surface area contributed by atoms with Crippen molar-refractivity contribution in [2.24, 2.45) is 0 Å².